The summed E-state index contributed by atoms with van der Waals surface area (Å²) in [4.78, 5) is 2.44. The van der Waals surface area contributed by atoms with Crippen LogP contribution < -0.4 is 10.6 Å². The van der Waals surface area contributed by atoms with Crippen LogP contribution in [-0.2, 0) is 0 Å². The van der Waals surface area contributed by atoms with Gasteiger partial charge in [0.25, 0.3) is 0 Å². The van der Waals surface area contributed by atoms with Gasteiger partial charge < -0.3 is 15.7 Å². The highest BCUT2D eigenvalue weighted by atomic mass is 79.9. The summed E-state index contributed by atoms with van der Waals surface area (Å²) in [5.41, 5.74) is 6.75. The molecule has 0 spiro atoms. The minimum absolute atomic E-state index is 0.367. The monoisotopic (exact) mass is 330 g/mol. The normalized spacial score (nSPS) is 11.4. The van der Waals surface area contributed by atoms with E-state index in [1.807, 2.05) is 25.1 Å². The van der Waals surface area contributed by atoms with Gasteiger partial charge in [-0.1, -0.05) is 28.1 Å². The quantitative estimate of drug-likeness (QED) is 0.815. The first kappa shape index (κ1) is 15.4. The van der Waals surface area contributed by atoms with Crippen molar-refractivity contribution in [1.82, 2.24) is 0 Å². The Hall–Kier alpha value is -0.650. The van der Waals surface area contributed by atoms with Crippen LogP contribution >= 0.6 is 28.1 Å². The van der Waals surface area contributed by atoms with Crippen LogP contribution in [0.15, 0.2) is 22.7 Å². The maximum absolute atomic E-state index is 9.96. The highest BCUT2D eigenvalue weighted by molar-refractivity contribution is 9.10. The van der Waals surface area contributed by atoms with Crippen LogP contribution in [0.1, 0.15) is 26.3 Å². The third kappa shape index (κ3) is 4.23. The molecule has 100 valence electrons. The molecule has 0 unspecified atom stereocenters. The molecule has 3 N–H and O–H groups in total. The Kier molecular flexibility index (Phi) is 5.13. The fourth-order valence-corrected chi connectivity index (χ4v) is 2.33. The zero-order valence-corrected chi connectivity index (χ0v) is 13.3. The number of anilines is 1. The van der Waals surface area contributed by atoms with Gasteiger partial charge in [0.05, 0.1) is 5.60 Å². The van der Waals surface area contributed by atoms with E-state index >= 15 is 0 Å². The smallest absolute Gasteiger partial charge is 0.106 e. The second-order valence-electron chi connectivity index (χ2n) is 4.85. The van der Waals surface area contributed by atoms with Gasteiger partial charge in [-0.2, -0.15) is 0 Å². The molecule has 5 heteroatoms. The van der Waals surface area contributed by atoms with Crippen molar-refractivity contribution < 1.29 is 5.11 Å². The number of hydrogen-bond acceptors (Lipinski definition) is 3. The number of likely N-dealkylation sites (N-methyl/N-ethyl adjacent to an activating group) is 1. The van der Waals surface area contributed by atoms with E-state index in [2.05, 4.69) is 20.8 Å². The summed E-state index contributed by atoms with van der Waals surface area (Å²) in [6.07, 6.45) is 0. The van der Waals surface area contributed by atoms with Crippen LogP contribution in [0.3, 0.4) is 0 Å². The standard InChI is InChI=1S/C13H19BrN2OS/c1-4-16(8-13(2,3)17)11-7-9(14)5-6-10(11)12(15)18/h5-7,17H,4,8H2,1-3H3,(H2,15,18). The molecular weight excluding hydrogens is 312 g/mol. The molecular formula is C13H19BrN2OS. The molecule has 1 rings (SSSR count). The van der Waals surface area contributed by atoms with Crippen molar-refractivity contribution in [3.8, 4) is 0 Å². The van der Waals surface area contributed by atoms with Crippen molar-refractivity contribution >= 4 is 38.8 Å². The second-order valence-corrected chi connectivity index (χ2v) is 6.21. The van der Waals surface area contributed by atoms with Crippen molar-refractivity contribution in [3.63, 3.8) is 0 Å². The Morgan fingerprint density at radius 2 is 2.11 bits per heavy atom. The van der Waals surface area contributed by atoms with E-state index < -0.39 is 5.60 Å². The van der Waals surface area contributed by atoms with Gasteiger partial charge in [0.1, 0.15) is 4.99 Å². The Morgan fingerprint density at radius 3 is 2.56 bits per heavy atom. The zero-order valence-electron chi connectivity index (χ0n) is 10.9. The van der Waals surface area contributed by atoms with Crippen LogP contribution in [0.2, 0.25) is 0 Å². The summed E-state index contributed by atoms with van der Waals surface area (Å²) in [5.74, 6) is 0. The number of halogens is 1. The van der Waals surface area contributed by atoms with Crippen LogP contribution in [0, 0.1) is 0 Å². The Balaban J connectivity index is 3.19. The molecule has 1 aromatic carbocycles. The Morgan fingerprint density at radius 1 is 1.50 bits per heavy atom. The average Bonchev–Trinajstić information content (AvgIpc) is 2.24. The van der Waals surface area contributed by atoms with Crippen LogP contribution in [0.4, 0.5) is 5.69 Å². The minimum Gasteiger partial charge on any atom is -0.389 e. The molecule has 0 radical (unpaired) electrons. The van der Waals surface area contributed by atoms with Crippen molar-refractivity contribution in [1.29, 1.82) is 0 Å². The highest BCUT2D eigenvalue weighted by Gasteiger charge is 2.20. The molecule has 0 bridgehead atoms. The molecule has 0 atom stereocenters. The van der Waals surface area contributed by atoms with E-state index in [1.165, 1.54) is 0 Å². The summed E-state index contributed by atoms with van der Waals surface area (Å²) in [7, 11) is 0. The van der Waals surface area contributed by atoms with Gasteiger partial charge in [-0.3, -0.25) is 0 Å². The van der Waals surface area contributed by atoms with Crippen LogP contribution in [0.5, 0.6) is 0 Å². The number of nitrogens with two attached hydrogens (primary N) is 1. The van der Waals surface area contributed by atoms with Crippen molar-refractivity contribution in [2.75, 3.05) is 18.0 Å². The number of benzene rings is 1. The molecule has 0 amide bonds. The molecule has 0 saturated carbocycles. The zero-order chi connectivity index (χ0) is 13.9. The molecule has 1 aromatic rings. The summed E-state index contributed by atoms with van der Waals surface area (Å²) < 4.78 is 0.965. The molecule has 0 aliphatic rings. The Bertz CT molecular complexity index is 443. The SMILES string of the molecule is CCN(CC(C)(C)O)c1cc(Br)ccc1C(N)=S. The summed E-state index contributed by atoms with van der Waals surface area (Å²) >= 11 is 8.52. The number of aliphatic hydroxyl groups is 1. The third-order valence-corrected chi connectivity index (χ3v) is 3.24. The largest absolute Gasteiger partial charge is 0.389 e. The minimum atomic E-state index is -0.772. The van der Waals surface area contributed by atoms with Gasteiger partial charge in [0, 0.05) is 28.8 Å². The van der Waals surface area contributed by atoms with E-state index in [4.69, 9.17) is 18.0 Å². The lowest BCUT2D eigenvalue weighted by molar-refractivity contribution is 0.0876. The van der Waals surface area contributed by atoms with Crippen molar-refractivity contribution in [2.24, 2.45) is 5.73 Å². The van der Waals surface area contributed by atoms with Gasteiger partial charge in [0.15, 0.2) is 0 Å². The number of thiocarbonyl (C=S) groups is 1. The van der Waals surface area contributed by atoms with E-state index in [1.54, 1.807) is 13.8 Å². The van der Waals surface area contributed by atoms with Gasteiger partial charge >= 0.3 is 0 Å². The van der Waals surface area contributed by atoms with Crippen LogP contribution in [0.25, 0.3) is 0 Å². The molecule has 18 heavy (non-hydrogen) atoms. The number of rotatable bonds is 5. The molecule has 3 nitrogen and oxygen atoms in total. The first-order chi connectivity index (χ1) is 8.24. The van der Waals surface area contributed by atoms with E-state index in [-0.39, 0.29) is 0 Å². The lowest BCUT2D eigenvalue weighted by atomic mass is 10.1. The summed E-state index contributed by atoms with van der Waals surface area (Å²) in [5, 5.41) is 9.96. The maximum atomic E-state index is 9.96. The fourth-order valence-electron chi connectivity index (χ4n) is 1.81. The fraction of sp³-hybridized carbons (Fsp3) is 0.462. The topological polar surface area (TPSA) is 49.5 Å². The molecule has 0 fully saturated rings. The van der Waals surface area contributed by atoms with Gasteiger partial charge in [-0.25, -0.2) is 0 Å². The molecule has 0 saturated heterocycles. The second kappa shape index (κ2) is 5.99. The molecule has 0 aliphatic heterocycles. The average molecular weight is 331 g/mol. The van der Waals surface area contributed by atoms with E-state index in [0.29, 0.717) is 11.5 Å². The number of nitrogens with zero attached hydrogens (tertiary/aromatic N) is 1. The third-order valence-electron chi connectivity index (χ3n) is 2.53. The predicted molar refractivity (Wildman–Crippen MR) is 84.2 cm³/mol. The number of hydrogen-bond donors (Lipinski definition) is 2. The van der Waals surface area contributed by atoms with Crippen molar-refractivity contribution in [2.45, 2.75) is 26.4 Å². The van der Waals surface area contributed by atoms with Gasteiger partial charge in [-0.15, -0.1) is 0 Å². The van der Waals surface area contributed by atoms with E-state index in [9.17, 15) is 5.11 Å². The first-order valence-electron chi connectivity index (χ1n) is 5.81. The van der Waals surface area contributed by atoms with Crippen molar-refractivity contribution in [3.05, 3.63) is 28.2 Å². The predicted octanol–water partition coefficient (Wildman–Crippen LogP) is 2.68. The molecule has 0 heterocycles. The van der Waals surface area contributed by atoms with Crippen LogP contribution in [-0.4, -0.2) is 28.8 Å². The Labute approximate surface area is 122 Å². The summed E-state index contributed by atoms with van der Waals surface area (Å²) in [6, 6.07) is 5.79. The lowest BCUT2D eigenvalue weighted by Crippen LogP contribution is -2.39. The molecule has 0 aromatic heterocycles. The summed E-state index contributed by atoms with van der Waals surface area (Å²) in [6.45, 7) is 6.91. The lowest BCUT2D eigenvalue weighted by Gasteiger charge is -2.31. The van der Waals surface area contributed by atoms with Gasteiger partial charge in [-0.05, 0) is 39.0 Å². The van der Waals surface area contributed by atoms with Gasteiger partial charge in [0.2, 0.25) is 0 Å². The molecule has 0 aliphatic carbocycles. The maximum Gasteiger partial charge on any atom is 0.106 e. The highest BCUT2D eigenvalue weighted by Crippen LogP contribution is 2.26. The van der Waals surface area contributed by atoms with E-state index in [0.717, 1.165) is 22.3 Å². The first-order valence-corrected chi connectivity index (χ1v) is 7.01.